The smallest absolute Gasteiger partial charge is 0.253 e. The third-order valence-electron chi connectivity index (χ3n) is 5.45. The maximum Gasteiger partial charge on any atom is 0.253 e. The lowest BCUT2D eigenvalue weighted by atomic mass is 10.1. The van der Waals surface area contributed by atoms with E-state index in [1.54, 1.807) is 24.3 Å². The number of carbonyl (C=O) groups is 2. The van der Waals surface area contributed by atoms with Crippen molar-refractivity contribution in [1.29, 1.82) is 0 Å². The summed E-state index contributed by atoms with van der Waals surface area (Å²) in [5.74, 6) is -3.04. The van der Waals surface area contributed by atoms with Gasteiger partial charge in [-0.2, -0.15) is 0 Å². The number of carbonyl (C=O) groups excluding carboxylic acids is 2. The quantitative estimate of drug-likeness (QED) is 0.411. The van der Waals surface area contributed by atoms with Crippen molar-refractivity contribution in [3.63, 3.8) is 0 Å². The number of nitrogens with zero attached hydrogens (tertiary/aromatic N) is 1. The highest BCUT2D eigenvalue weighted by atomic mass is 32.2. The molecule has 0 saturated heterocycles. The minimum Gasteiger partial charge on any atom is -0.345 e. The zero-order chi connectivity index (χ0) is 26.3. The fraction of sp³-hybridized carbons (Fsp3) is 0.231. The Kier molecular flexibility index (Phi) is 8.76. The van der Waals surface area contributed by atoms with E-state index in [2.05, 4.69) is 10.6 Å². The molecule has 3 aromatic carbocycles. The molecule has 0 radical (unpaired) electrons. The standard InChI is InChI=1S/C26H27F2N3O4S/c1-18(19-9-4-3-5-10-19)29-26(33)21-11-6-7-12-24(21)30-25(32)13-8-16-31(36(2,34)35)20-14-15-22(27)23(28)17-20/h3-7,9-12,14-15,17-18H,8,13,16H2,1-2H3,(H,29,33)(H,30,32)/t18-/m1/s1. The first-order valence-electron chi connectivity index (χ1n) is 11.2. The summed E-state index contributed by atoms with van der Waals surface area (Å²) in [5.41, 5.74) is 1.50. The van der Waals surface area contributed by atoms with Crippen molar-refractivity contribution in [3.8, 4) is 0 Å². The van der Waals surface area contributed by atoms with Gasteiger partial charge in [0, 0.05) is 19.0 Å². The molecule has 2 N–H and O–H groups in total. The van der Waals surface area contributed by atoms with Gasteiger partial charge in [0.15, 0.2) is 11.6 Å². The summed E-state index contributed by atoms with van der Waals surface area (Å²) in [5, 5.41) is 5.60. The summed E-state index contributed by atoms with van der Waals surface area (Å²) in [6, 6.07) is 18.6. The second-order valence-corrected chi connectivity index (χ2v) is 10.1. The van der Waals surface area contributed by atoms with Gasteiger partial charge in [0.05, 0.1) is 29.2 Å². The number of amides is 2. The summed E-state index contributed by atoms with van der Waals surface area (Å²) >= 11 is 0. The fourth-order valence-corrected chi connectivity index (χ4v) is 4.57. The molecule has 3 rings (SSSR count). The minimum absolute atomic E-state index is 0.0358. The van der Waals surface area contributed by atoms with E-state index < -0.39 is 27.6 Å². The van der Waals surface area contributed by atoms with Crippen molar-refractivity contribution < 1.29 is 26.8 Å². The molecular weight excluding hydrogens is 488 g/mol. The van der Waals surface area contributed by atoms with Crippen molar-refractivity contribution >= 4 is 33.2 Å². The number of hydrogen-bond acceptors (Lipinski definition) is 4. The van der Waals surface area contributed by atoms with Gasteiger partial charge in [-0.15, -0.1) is 0 Å². The van der Waals surface area contributed by atoms with E-state index in [1.165, 1.54) is 0 Å². The van der Waals surface area contributed by atoms with Crippen LogP contribution in [0.3, 0.4) is 0 Å². The lowest BCUT2D eigenvalue weighted by Gasteiger charge is -2.22. The predicted molar refractivity (Wildman–Crippen MR) is 135 cm³/mol. The maximum absolute atomic E-state index is 13.6. The van der Waals surface area contributed by atoms with E-state index in [0.717, 1.165) is 34.3 Å². The first-order valence-corrected chi connectivity index (χ1v) is 13.1. The molecule has 36 heavy (non-hydrogen) atoms. The lowest BCUT2D eigenvalue weighted by molar-refractivity contribution is -0.116. The lowest BCUT2D eigenvalue weighted by Crippen LogP contribution is -2.31. The highest BCUT2D eigenvalue weighted by Gasteiger charge is 2.20. The number of nitrogens with one attached hydrogen (secondary N) is 2. The fourth-order valence-electron chi connectivity index (χ4n) is 3.61. The van der Waals surface area contributed by atoms with Crippen molar-refractivity contribution in [3.05, 3.63) is 95.6 Å². The average Bonchev–Trinajstić information content (AvgIpc) is 2.83. The van der Waals surface area contributed by atoms with Crippen molar-refractivity contribution in [2.24, 2.45) is 0 Å². The van der Waals surface area contributed by atoms with Crippen LogP contribution in [0.25, 0.3) is 0 Å². The van der Waals surface area contributed by atoms with Gasteiger partial charge in [0.2, 0.25) is 15.9 Å². The Hall–Kier alpha value is -3.79. The van der Waals surface area contributed by atoms with Gasteiger partial charge < -0.3 is 10.6 Å². The monoisotopic (exact) mass is 515 g/mol. The normalized spacial score (nSPS) is 12.0. The first kappa shape index (κ1) is 26.8. The Balaban J connectivity index is 1.62. The summed E-state index contributed by atoms with van der Waals surface area (Å²) in [4.78, 5) is 25.4. The Labute approximate surface area is 209 Å². The number of benzene rings is 3. The summed E-state index contributed by atoms with van der Waals surface area (Å²) in [6.07, 6.45) is 0.989. The molecule has 7 nitrogen and oxygen atoms in total. The Morgan fingerprint density at radius 3 is 2.28 bits per heavy atom. The molecule has 190 valence electrons. The molecule has 0 unspecified atom stereocenters. The molecule has 0 aromatic heterocycles. The minimum atomic E-state index is -3.80. The average molecular weight is 516 g/mol. The molecule has 0 heterocycles. The Bertz CT molecular complexity index is 1330. The topological polar surface area (TPSA) is 95.6 Å². The van der Waals surface area contributed by atoms with Crippen LogP contribution >= 0.6 is 0 Å². The highest BCUT2D eigenvalue weighted by molar-refractivity contribution is 7.92. The zero-order valence-electron chi connectivity index (χ0n) is 19.9. The number of hydrogen-bond donors (Lipinski definition) is 2. The van der Waals surface area contributed by atoms with Crippen LogP contribution in [-0.4, -0.2) is 33.0 Å². The molecule has 0 spiro atoms. The number of rotatable bonds is 10. The van der Waals surface area contributed by atoms with Gasteiger partial charge >= 0.3 is 0 Å². The van der Waals surface area contributed by atoms with Crippen LogP contribution < -0.4 is 14.9 Å². The van der Waals surface area contributed by atoms with Crippen LogP contribution in [0.15, 0.2) is 72.8 Å². The van der Waals surface area contributed by atoms with E-state index in [1.807, 2.05) is 37.3 Å². The summed E-state index contributed by atoms with van der Waals surface area (Å²) in [7, 11) is -3.80. The van der Waals surface area contributed by atoms with Gasteiger partial charge in [-0.3, -0.25) is 13.9 Å². The van der Waals surface area contributed by atoms with Gasteiger partial charge in [0.25, 0.3) is 5.91 Å². The van der Waals surface area contributed by atoms with E-state index in [-0.39, 0.29) is 42.6 Å². The van der Waals surface area contributed by atoms with E-state index >= 15 is 0 Å². The third-order valence-corrected chi connectivity index (χ3v) is 6.64. The number of halogens is 2. The van der Waals surface area contributed by atoms with Crippen LogP contribution in [0, 0.1) is 11.6 Å². The predicted octanol–water partition coefficient (Wildman–Crippen LogP) is 4.64. The molecule has 0 aliphatic carbocycles. The molecule has 1 atom stereocenters. The van der Waals surface area contributed by atoms with Gasteiger partial charge in [0.1, 0.15) is 0 Å². The molecule has 3 aromatic rings. The van der Waals surface area contributed by atoms with Gasteiger partial charge in [-0.25, -0.2) is 17.2 Å². The van der Waals surface area contributed by atoms with E-state index in [4.69, 9.17) is 0 Å². The maximum atomic E-state index is 13.6. The number of sulfonamides is 1. The summed E-state index contributed by atoms with van der Waals surface area (Å²) < 4.78 is 52.1. The number of para-hydroxylation sites is 1. The molecule has 0 saturated carbocycles. The van der Waals surface area contributed by atoms with Crippen LogP contribution in [0.1, 0.15) is 41.7 Å². The first-order chi connectivity index (χ1) is 17.1. The van der Waals surface area contributed by atoms with E-state index in [0.29, 0.717) is 5.69 Å². The van der Waals surface area contributed by atoms with Crippen LogP contribution in [0.5, 0.6) is 0 Å². The Morgan fingerprint density at radius 1 is 0.944 bits per heavy atom. The van der Waals surface area contributed by atoms with Crippen LogP contribution in [-0.2, 0) is 14.8 Å². The number of anilines is 2. The molecule has 10 heteroatoms. The molecule has 2 amide bonds. The second-order valence-electron chi connectivity index (χ2n) is 8.24. The van der Waals surface area contributed by atoms with E-state index in [9.17, 15) is 26.8 Å². The van der Waals surface area contributed by atoms with Crippen molar-refractivity contribution in [1.82, 2.24) is 5.32 Å². The molecule has 0 bridgehead atoms. The van der Waals surface area contributed by atoms with Crippen molar-refractivity contribution in [2.45, 2.75) is 25.8 Å². The van der Waals surface area contributed by atoms with Crippen LogP contribution in [0.2, 0.25) is 0 Å². The Morgan fingerprint density at radius 2 is 1.61 bits per heavy atom. The third kappa shape index (κ3) is 7.11. The SMILES string of the molecule is C[C@@H](NC(=O)c1ccccc1NC(=O)CCCN(c1ccc(F)c(F)c1)S(C)(=O)=O)c1ccccc1. The van der Waals surface area contributed by atoms with Gasteiger partial charge in [-0.05, 0) is 43.2 Å². The van der Waals surface area contributed by atoms with Gasteiger partial charge in [-0.1, -0.05) is 42.5 Å². The highest BCUT2D eigenvalue weighted by Crippen LogP contribution is 2.22. The molecule has 0 fully saturated rings. The largest absolute Gasteiger partial charge is 0.345 e. The summed E-state index contributed by atoms with van der Waals surface area (Å²) in [6.45, 7) is 1.74. The van der Waals surface area contributed by atoms with Crippen LogP contribution in [0.4, 0.5) is 20.2 Å². The molecular formula is C26H27F2N3O4S. The van der Waals surface area contributed by atoms with Crippen molar-refractivity contribution in [2.75, 3.05) is 22.4 Å². The molecule has 0 aliphatic rings. The molecule has 0 aliphatic heterocycles. The zero-order valence-corrected chi connectivity index (χ0v) is 20.7. The second kappa shape index (κ2) is 11.8.